The van der Waals surface area contributed by atoms with Gasteiger partial charge in [0.25, 0.3) is 11.8 Å². The third kappa shape index (κ3) is 4.38. The first kappa shape index (κ1) is 16.2. The average molecular weight is 295 g/mol. The number of hydrogen-bond acceptors (Lipinski definition) is 2. The van der Waals surface area contributed by atoms with Gasteiger partial charge in [0.1, 0.15) is 0 Å². The molecular formula is C15H19ClN2O2. The molecule has 0 radical (unpaired) electrons. The van der Waals surface area contributed by atoms with Gasteiger partial charge in [-0.25, -0.2) is 5.01 Å². The van der Waals surface area contributed by atoms with Gasteiger partial charge in [0.05, 0.1) is 5.54 Å². The molecule has 0 saturated carbocycles. The number of nitrogens with one attached hydrogen (secondary N) is 1. The smallest absolute Gasteiger partial charge is 0.268 e. The molecule has 0 atom stereocenters. The number of nitrogens with zero attached hydrogens (tertiary/aromatic N) is 1. The quantitative estimate of drug-likeness (QED) is 0.673. The predicted molar refractivity (Wildman–Crippen MR) is 80.3 cm³/mol. The van der Waals surface area contributed by atoms with E-state index in [2.05, 4.69) is 5.43 Å². The average Bonchev–Trinajstić information content (AvgIpc) is 2.35. The van der Waals surface area contributed by atoms with E-state index in [4.69, 9.17) is 11.6 Å². The topological polar surface area (TPSA) is 49.4 Å². The van der Waals surface area contributed by atoms with Gasteiger partial charge in [0, 0.05) is 16.7 Å². The van der Waals surface area contributed by atoms with Crippen LogP contribution in [-0.2, 0) is 4.79 Å². The fourth-order valence-electron chi connectivity index (χ4n) is 1.54. The van der Waals surface area contributed by atoms with Crippen molar-refractivity contribution in [3.8, 4) is 0 Å². The van der Waals surface area contributed by atoms with E-state index in [9.17, 15) is 9.59 Å². The van der Waals surface area contributed by atoms with Crippen molar-refractivity contribution < 1.29 is 9.59 Å². The molecule has 20 heavy (non-hydrogen) atoms. The summed E-state index contributed by atoms with van der Waals surface area (Å²) in [5.41, 5.74) is 2.51. The van der Waals surface area contributed by atoms with E-state index < -0.39 is 5.54 Å². The zero-order chi connectivity index (χ0) is 15.3. The van der Waals surface area contributed by atoms with Crippen molar-refractivity contribution in [2.24, 2.45) is 0 Å². The summed E-state index contributed by atoms with van der Waals surface area (Å²) in [6, 6.07) is 6.54. The van der Waals surface area contributed by atoms with E-state index in [1.807, 2.05) is 20.8 Å². The molecule has 1 N–H and O–H groups in total. The van der Waals surface area contributed by atoms with Crippen LogP contribution in [0.4, 0.5) is 0 Å². The number of hydrogen-bond donors (Lipinski definition) is 1. The summed E-state index contributed by atoms with van der Waals surface area (Å²) in [6.45, 7) is 7.27. The molecule has 4 nitrogen and oxygen atoms in total. The highest BCUT2D eigenvalue weighted by Crippen LogP contribution is 2.17. The van der Waals surface area contributed by atoms with E-state index in [1.165, 1.54) is 11.1 Å². The molecule has 0 unspecified atom stereocenters. The first-order chi connectivity index (χ1) is 9.25. The fourth-order valence-corrected chi connectivity index (χ4v) is 1.67. The molecule has 0 aliphatic carbocycles. The Labute approximate surface area is 124 Å². The van der Waals surface area contributed by atoms with E-state index >= 15 is 0 Å². The molecule has 0 spiro atoms. The predicted octanol–water partition coefficient (Wildman–Crippen LogP) is 3.19. The highest BCUT2D eigenvalue weighted by Gasteiger charge is 2.28. The second-order valence-electron chi connectivity index (χ2n) is 5.29. The summed E-state index contributed by atoms with van der Waals surface area (Å²) < 4.78 is 0. The molecule has 108 valence electrons. The third-order valence-corrected chi connectivity index (χ3v) is 2.76. The number of carbonyl (C=O) groups is 2. The van der Waals surface area contributed by atoms with Crippen molar-refractivity contribution in [1.29, 1.82) is 0 Å². The molecule has 2 amide bonds. The van der Waals surface area contributed by atoms with Gasteiger partial charge >= 0.3 is 0 Å². The second kappa shape index (κ2) is 6.57. The maximum absolute atomic E-state index is 12.5. The molecule has 1 rings (SSSR count). The van der Waals surface area contributed by atoms with E-state index in [0.29, 0.717) is 10.6 Å². The molecule has 0 aliphatic rings. The van der Waals surface area contributed by atoms with Gasteiger partial charge in [0.15, 0.2) is 0 Å². The van der Waals surface area contributed by atoms with Gasteiger partial charge in [-0.15, -0.1) is 0 Å². The van der Waals surface area contributed by atoms with Crippen LogP contribution in [0, 0.1) is 0 Å². The van der Waals surface area contributed by atoms with Crippen molar-refractivity contribution >= 4 is 23.4 Å². The van der Waals surface area contributed by atoms with E-state index in [0.717, 1.165) is 0 Å². The van der Waals surface area contributed by atoms with Gasteiger partial charge < -0.3 is 0 Å². The summed E-state index contributed by atoms with van der Waals surface area (Å²) in [4.78, 5) is 24.2. The lowest BCUT2D eigenvalue weighted by molar-refractivity contribution is -0.122. The van der Waals surface area contributed by atoms with E-state index in [-0.39, 0.29) is 11.8 Å². The van der Waals surface area contributed by atoms with Crippen molar-refractivity contribution in [3.63, 3.8) is 0 Å². The van der Waals surface area contributed by atoms with Crippen LogP contribution in [0.3, 0.4) is 0 Å². The maximum atomic E-state index is 12.5. The molecule has 1 aromatic rings. The monoisotopic (exact) mass is 294 g/mol. The summed E-state index contributed by atoms with van der Waals surface area (Å²) in [7, 11) is 0. The number of allylic oxidation sites excluding steroid dienone is 1. The normalized spacial score (nSPS) is 11.4. The van der Waals surface area contributed by atoms with Crippen molar-refractivity contribution in [3.05, 3.63) is 47.0 Å². The number of benzene rings is 1. The van der Waals surface area contributed by atoms with Crippen molar-refractivity contribution in [1.82, 2.24) is 10.4 Å². The Morgan fingerprint density at radius 1 is 1.20 bits per heavy atom. The lowest BCUT2D eigenvalue weighted by atomic mass is 10.1. The zero-order valence-corrected chi connectivity index (χ0v) is 12.9. The summed E-state index contributed by atoms with van der Waals surface area (Å²) in [5, 5.41) is 1.88. The van der Waals surface area contributed by atoms with Crippen LogP contribution >= 0.6 is 11.6 Å². The SMILES string of the molecule is C/C=C\C(=O)NN(C(=O)c1ccc(Cl)cc1)C(C)(C)C. The first-order valence-corrected chi connectivity index (χ1v) is 6.67. The van der Waals surface area contributed by atoms with Crippen LogP contribution < -0.4 is 5.43 Å². The summed E-state index contributed by atoms with van der Waals surface area (Å²) >= 11 is 5.81. The van der Waals surface area contributed by atoms with Gasteiger partial charge in [-0.05, 0) is 52.0 Å². The molecule has 1 aromatic carbocycles. The molecule has 0 bridgehead atoms. The lowest BCUT2D eigenvalue weighted by Crippen LogP contribution is -2.55. The Morgan fingerprint density at radius 3 is 2.20 bits per heavy atom. The molecule has 0 aliphatic heterocycles. The molecule has 0 heterocycles. The Balaban J connectivity index is 3.02. The van der Waals surface area contributed by atoms with Crippen LogP contribution in [0.15, 0.2) is 36.4 Å². The minimum absolute atomic E-state index is 0.285. The Morgan fingerprint density at radius 2 is 1.75 bits per heavy atom. The van der Waals surface area contributed by atoms with Crippen molar-refractivity contribution in [2.45, 2.75) is 33.2 Å². The van der Waals surface area contributed by atoms with Crippen LogP contribution in [0.1, 0.15) is 38.1 Å². The molecule has 0 fully saturated rings. The Hall–Kier alpha value is -1.81. The summed E-state index contributed by atoms with van der Waals surface area (Å²) in [6.07, 6.45) is 2.98. The Bertz CT molecular complexity index is 516. The lowest BCUT2D eigenvalue weighted by Gasteiger charge is -2.35. The summed E-state index contributed by atoms with van der Waals surface area (Å²) in [5.74, 6) is -0.628. The van der Waals surface area contributed by atoms with Gasteiger partial charge in [-0.3, -0.25) is 15.0 Å². The minimum Gasteiger partial charge on any atom is -0.268 e. The van der Waals surface area contributed by atoms with Gasteiger partial charge in [-0.1, -0.05) is 17.7 Å². The van der Waals surface area contributed by atoms with Crippen molar-refractivity contribution in [2.75, 3.05) is 0 Å². The number of rotatable bonds is 2. The number of amides is 2. The number of hydrazine groups is 1. The largest absolute Gasteiger partial charge is 0.272 e. The molecular weight excluding hydrogens is 276 g/mol. The van der Waals surface area contributed by atoms with Crippen LogP contribution in [-0.4, -0.2) is 22.4 Å². The highest BCUT2D eigenvalue weighted by atomic mass is 35.5. The minimum atomic E-state index is -0.548. The first-order valence-electron chi connectivity index (χ1n) is 6.29. The zero-order valence-electron chi connectivity index (χ0n) is 12.1. The highest BCUT2D eigenvalue weighted by molar-refractivity contribution is 6.30. The number of carbonyl (C=O) groups excluding carboxylic acids is 2. The second-order valence-corrected chi connectivity index (χ2v) is 5.73. The molecule has 0 saturated heterocycles. The third-order valence-electron chi connectivity index (χ3n) is 2.51. The Kier molecular flexibility index (Phi) is 5.34. The standard InChI is InChI=1S/C15H19ClN2O2/c1-5-6-13(19)17-18(15(2,3)4)14(20)11-7-9-12(16)10-8-11/h5-10H,1-4H3,(H,17,19)/b6-5-. The van der Waals surface area contributed by atoms with Gasteiger partial charge in [0.2, 0.25) is 0 Å². The molecule has 0 aromatic heterocycles. The number of halogens is 1. The van der Waals surface area contributed by atoms with E-state index in [1.54, 1.807) is 37.3 Å². The van der Waals surface area contributed by atoms with Crippen LogP contribution in [0.25, 0.3) is 0 Å². The van der Waals surface area contributed by atoms with Gasteiger partial charge in [-0.2, -0.15) is 0 Å². The molecule has 5 heteroatoms. The maximum Gasteiger partial charge on any atom is 0.272 e. The van der Waals surface area contributed by atoms with Crippen LogP contribution in [0.2, 0.25) is 5.02 Å². The fraction of sp³-hybridized carbons (Fsp3) is 0.333. The van der Waals surface area contributed by atoms with Crippen LogP contribution in [0.5, 0.6) is 0 Å².